The number of nitrogens with one attached hydrogen (secondary N) is 1. The van der Waals surface area contributed by atoms with Gasteiger partial charge in [0.15, 0.2) is 0 Å². The van der Waals surface area contributed by atoms with Crippen LogP contribution in [0.2, 0.25) is 0 Å². The molecule has 2 N–H and O–H groups in total. The largest absolute Gasteiger partial charge is 0.481 e. The lowest BCUT2D eigenvalue weighted by molar-refractivity contribution is -0.147. The molecule has 1 aromatic heterocycles. The molecular formula is C14H17N3O3. The van der Waals surface area contributed by atoms with Crippen LogP contribution < -0.4 is 5.32 Å². The molecule has 20 heavy (non-hydrogen) atoms. The van der Waals surface area contributed by atoms with E-state index >= 15 is 0 Å². The molecule has 4 unspecified atom stereocenters. The molecule has 106 valence electrons. The summed E-state index contributed by atoms with van der Waals surface area (Å²) < 4.78 is 1.67. The van der Waals surface area contributed by atoms with Gasteiger partial charge in [-0.25, -0.2) is 0 Å². The molecule has 1 fully saturated rings. The first kappa shape index (κ1) is 12.9. The Balaban J connectivity index is 1.67. The highest BCUT2D eigenvalue weighted by Gasteiger charge is 2.51. The van der Waals surface area contributed by atoms with Gasteiger partial charge in [-0.15, -0.1) is 0 Å². The molecule has 2 aliphatic carbocycles. The van der Waals surface area contributed by atoms with Crippen molar-refractivity contribution in [1.82, 2.24) is 15.1 Å². The van der Waals surface area contributed by atoms with Gasteiger partial charge in [-0.2, -0.15) is 5.10 Å². The van der Waals surface area contributed by atoms with Crippen LogP contribution in [0.4, 0.5) is 0 Å². The SMILES string of the molecule is Cn1cc(CNC(=O)C2C3C=CC(C3)C2C(=O)O)cn1. The number of hydrogen-bond donors (Lipinski definition) is 2. The maximum Gasteiger partial charge on any atom is 0.307 e. The van der Waals surface area contributed by atoms with Gasteiger partial charge in [-0.1, -0.05) is 12.2 Å². The number of allylic oxidation sites excluding steroid dienone is 2. The fourth-order valence-electron chi connectivity index (χ4n) is 3.39. The van der Waals surface area contributed by atoms with Crippen LogP contribution in [0.5, 0.6) is 0 Å². The molecular weight excluding hydrogens is 258 g/mol. The molecule has 1 aromatic rings. The zero-order valence-corrected chi connectivity index (χ0v) is 11.2. The van der Waals surface area contributed by atoms with Gasteiger partial charge in [0.2, 0.25) is 5.91 Å². The van der Waals surface area contributed by atoms with Crippen molar-refractivity contribution in [3.8, 4) is 0 Å². The third-order valence-electron chi connectivity index (χ3n) is 4.27. The van der Waals surface area contributed by atoms with E-state index in [1.165, 1.54) is 0 Å². The summed E-state index contributed by atoms with van der Waals surface area (Å²) in [6, 6.07) is 0. The van der Waals surface area contributed by atoms with Gasteiger partial charge < -0.3 is 10.4 Å². The van der Waals surface area contributed by atoms with Crippen LogP contribution in [0.25, 0.3) is 0 Å². The Bertz CT molecular complexity index is 578. The van der Waals surface area contributed by atoms with Gasteiger partial charge in [0.1, 0.15) is 0 Å². The minimum atomic E-state index is -0.872. The Morgan fingerprint density at radius 2 is 2.10 bits per heavy atom. The molecule has 0 aromatic carbocycles. The quantitative estimate of drug-likeness (QED) is 0.786. The van der Waals surface area contributed by atoms with Gasteiger partial charge in [-0.3, -0.25) is 14.3 Å². The summed E-state index contributed by atoms with van der Waals surface area (Å²) in [5, 5.41) is 16.2. The first-order chi connectivity index (χ1) is 9.56. The van der Waals surface area contributed by atoms with E-state index in [4.69, 9.17) is 0 Å². The van der Waals surface area contributed by atoms with Crippen molar-refractivity contribution >= 4 is 11.9 Å². The van der Waals surface area contributed by atoms with Gasteiger partial charge in [0, 0.05) is 25.4 Å². The molecule has 6 nitrogen and oxygen atoms in total. The number of carbonyl (C=O) groups is 2. The number of aliphatic carboxylic acids is 1. The fourth-order valence-corrected chi connectivity index (χ4v) is 3.39. The molecule has 6 heteroatoms. The highest BCUT2D eigenvalue weighted by atomic mass is 16.4. The van der Waals surface area contributed by atoms with Crippen LogP contribution >= 0.6 is 0 Å². The van der Waals surface area contributed by atoms with Crippen LogP contribution in [-0.4, -0.2) is 26.8 Å². The number of hydrogen-bond acceptors (Lipinski definition) is 3. The van der Waals surface area contributed by atoms with Crippen molar-refractivity contribution in [1.29, 1.82) is 0 Å². The molecule has 1 heterocycles. The summed E-state index contributed by atoms with van der Waals surface area (Å²) in [7, 11) is 1.81. The molecule has 1 saturated carbocycles. The van der Waals surface area contributed by atoms with Gasteiger partial charge in [0.25, 0.3) is 0 Å². The highest BCUT2D eigenvalue weighted by molar-refractivity contribution is 5.86. The summed E-state index contributed by atoms with van der Waals surface area (Å²) in [6.45, 7) is 0.386. The predicted molar refractivity (Wildman–Crippen MR) is 70.4 cm³/mol. The molecule has 2 bridgehead atoms. The van der Waals surface area contributed by atoms with E-state index in [0.717, 1.165) is 12.0 Å². The third-order valence-corrected chi connectivity index (χ3v) is 4.27. The molecule has 1 amide bonds. The Morgan fingerprint density at radius 3 is 2.70 bits per heavy atom. The molecule has 2 aliphatic rings. The Hall–Kier alpha value is -2.11. The fraction of sp³-hybridized carbons (Fsp3) is 0.500. The predicted octanol–water partition coefficient (Wildman–Crippen LogP) is 0.559. The summed E-state index contributed by atoms with van der Waals surface area (Å²) in [4.78, 5) is 23.7. The molecule has 3 rings (SSSR count). The monoisotopic (exact) mass is 275 g/mol. The van der Waals surface area contributed by atoms with E-state index in [1.807, 2.05) is 25.4 Å². The average Bonchev–Trinajstić information content (AvgIpc) is 3.10. The van der Waals surface area contributed by atoms with Crippen molar-refractivity contribution in [3.63, 3.8) is 0 Å². The minimum Gasteiger partial charge on any atom is -0.481 e. The zero-order chi connectivity index (χ0) is 14.3. The van der Waals surface area contributed by atoms with Crippen molar-refractivity contribution in [2.45, 2.75) is 13.0 Å². The highest BCUT2D eigenvalue weighted by Crippen LogP contribution is 2.48. The van der Waals surface area contributed by atoms with E-state index in [0.29, 0.717) is 6.54 Å². The Morgan fingerprint density at radius 1 is 1.40 bits per heavy atom. The Labute approximate surface area is 116 Å². The standard InChI is InChI=1S/C14H17N3O3/c1-17-7-8(6-16-17)5-15-13(18)11-9-2-3-10(4-9)12(11)14(19)20/h2-3,6-7,9-12H,4-5H2,1H3,(H,15,18)(H,19,20). The van der Waals surface area contributed by atoms with E-state index in [2.05, 4.69) is 10.4 Å². The van der Waals surface area contributed by atoms with Gasteiger partial charge in [-0.05, 0) is 18.3 Å². The topological polar surface area (TPSA) is 84.2 Å². The van der Waals surface area contributed by atoms with Crippen LogP contribution in [0.15, 0.2) is 24.5 Å². The molecule has 4 atom stereocenters. The summed E-state index contributed by atoms with van der Waals surface area (Å²) >= 11 is 0. The lowest BCUT2D eigenvalue weighted by atomic mass is 9.82. The molecule has 0 aliphatic heterocycles. The van der Waals surface area contributed by atoms with Crippen LogP contribution in [0, 0.1) is 23.7 Å². The number of aromatic nitrogens is 2. The minimum absolute atomic E-state index is 0.00615. The van der Waals surface area contributed by atoms with Crippen LogP contribution in [0.3, 0.4) is 0 Å². The second kappa shape index (κ2) is 4.77. The molecule has 0 spiro atoms. The number of aryl methyl sites for hydroxylation is 1. The van der Waals surface area contributed by atoms with E-state index in [9.17, 15) is 14.7 Å². The summed E-state index contributed by atoms with van der Waals surface area (Å²) in [5.74, 6) is -2.00. The van der Waals surface area contributed by atoms with Crippen molar-refractivity contribution < 1.29 is 14.7 Å². The molecule has 0 radical (unpaired) electrons. The second-order valence-corrected chi connectivity index (χ2v) is 5.58. The van der Waals surface area contributed by atoms with Crippen molar-refractivity contribution in [2.75, 3.05) is 0 Å². The van der Waals surface area contributed by atoms with E-state index in [-0.39, 0.29) is 17.7 Å². The molecule has 0 saturated heterocycles. The summed E-state index contributed by atoms with van der Waals surface area (Å²) in [5.41, 5.74) is 0.909. The normalized spacial score (nSPS) is 30.6. The maximum atomic E-state index is 12.3. The number of fused-ring (bicyclic) bond motifs is 2. The number of rotatable bonds is 4. The lowest BCUT2D eigenvalue weighted by Crippen LogP contribution is -2.39. The van der Waals surface area contributed by atoms with Gasteiger partial charge in [0.05, 0.1) is 18.0 Å². The van der Waals surface area contributed by atoms with Crippen molar-refractivity contribution in [3.05, 3.63) is 30.1 Å². The maximum absolute atomic E-state index is 12.3. The first-order valence-electron chi connectivity index (χ1n) is 6.72. The number of amides is 1. The number of carbonyl (C=O) groups excluding carboxylic acids is 1. The third kappa shape index (κ3) is 2.11. The average molecular weight is 275 g/mol. The first-order valence-corrected chi connectivity index (χ1v) is 6.72. The Kier molecular flexibility index (Phi) is 3.08. The van der Waals surface area contributed by atoms with Gasteiger partial charge >= 0.3 is 5.97 Å². The van der Waals surface area contributed by atoms with E-state index in [1.54, 1.807) is 10.9 Å². The van der Waals surface area contributed by atoms with E-state index < -0.39 is 17.8 Å². The number of carboxylic acid groups (broad SMARTS) is 1. The van der Waals surface area contributed by atoms with Crippen molar-refractivity contribution in [2.24, 2.45) is 30.7 Å². The number of nitrogens with zero attached hydrogens (tertiary/aromatic N) is 2. The lowest BCUT2D eigenvalue weighted by Gasteiger charge is -2.23. The van der Waals surface area contributed by atoms with Crippen LogP contribution in [-0.2, 0) is 23.2 Å². The number of carboxylic acids is 1. The second-order valence-electron chi connectivity index (χ2n) is 5.58. The smallest absolute Gasteiger partial charge is 0.307 e. The summed E-state index contributed by atoms with van der Waals surface area (Å²) in [6.07, 6.45) is 8.22. The zero-order valence-electron chi connectivity index (χ0n) is 11.2. The van der Waals surface area contributed by atoms with Crippen LogP contribution in [0.1, 0.15) is 12.0 Å².